The monoisotopic (exact) mass is 390 g/mol. The molecule has 2 fully saturated rings. The lowest BCUT2D eigenvalue weighted by Crippen LogP contribution is -2.62. The molecule has 2 aliphatic heterocycles. The van der Waals surface area contributed by atoms with E-state index in [-0.39, 0.29) is 31.1 Å². The number of esters is 1. The predicted octanol–water partition coefficient (Wildman–Crippen LogP) is 3.73. The fraction of sp³-hybridized carbons (Fsp3) is 0.682. The molecule has 28 heavy (non-hydrogen) atoms. The van der Waals surface area contributed by atoms with Crippen molar-refractivity contribution in [3.8, 4) is 0 Å². The molecule has 6 heteroatoms. The van der Waals surface area contributed by atoms with Gasteiger partial charge in [0.25, 0.3) is 0 Å². The second kappa shape index (κ2) is 7.75. The molecule has 4 rings (SSSR count). The molecular formula is C22H30O6. The van der Waals surface area contributed by atoms with Crippen molar-refractivity contribution in [2.75, 3.05) is 6.61 Å². The molecule has 154 valence electrons. The summed E-state index contributed by atoms with van der Waals surface area (Å²) < 4.78 is 28.9. The molecule has 0 amide bonds. The number of carbonyl (C=O) groups excluding carboxylic acids is 1. The zero-order valence-electron chi connectivity index (χ0n) is 17.2. The third-order valence-corrected chi connectivity index (χ3v) is 5.96. The number of rotatable bonds is 7. The third-order valence-electron chi connectivity index (χ3n) is 5.96. The lowest BCUT2D eigenvalue weighted by Gasteiger charge is -2.52. The van der Waals surface area contributed by atoms with Gasteiger partial charge >= 0.3 is 5.97 Å². The van der Waals surface area contributed by atoms with Crippen LogP contribution in [0.5, 0.6) is 0 Å². The van der Waals surface area contributed by atoms with E-state index in [1.54, 1.807) is 0 Å². The first-order chi connectivity index (χ1) is 13.5. The molecule has 2 heterocycles. The highest BCUT2D eigenvalue weighted by molar-refractivity contribution is 5.91. The summed E-state index contributed by atoms with van der Waals surface area (Å²) in [7, 11) is 0. The number of hydrogen-bond donors (Lipinski definition) is 0. The van der Waals surface area contributed by atoms with Crippen LogP contribution < -0.4 is 0 Å². The quantitative estimate of drug-likeness (QED) is 0.661. The molecule has 0 atom stereocenters. The van der Waals surface area contributed by atoms with E-state index in [9.17, 15) is 4.79 Å². The molecular weight excluding hydrogens is 360 g/mol. The molecule has 0 bridgehead atoms. The summed E-state index contributed by atoms with van der Waals surface area (Å²) in [5.41, 5.74) is 3.66. The van der Waals surface area contributed by atoms with Gasteiger partial charge in [0.15, 0.2) is 25.2 Å². The summed E-state index contributed by atoms with van der Waals surface area (Å²) in [6.45, 7) is 8.14. The highest BCUT2D eigenvalue weighted by atomic mass is 16.9. The van der Waals surface area contributed by atoms with Crippen molar-refractivity contribution in [3.05, 3.63) is 34.4 Å². The van der Waals surface area contributed by atoms with Crippen LogP contribution in [-0.2, 0) is 42.9 Å². The van der Waals surface area contributed by atoms with Crippen molar-refractivity contribution < 1.29 is 28.5 Å². The van der Waals surface area contributed by atoms with Crippen molar-refractivity contribution in [2.24, 2.45) is 5.41 Å². The number of aryl methyl sites for hydroxylation is 1. The van der Waals surface area contributed by atoms with Gasteiger partial charge in [0.2, 0.25) is 0 Å². The SMILES string of the molecule is CCCCc1cc2c(cc1C(=O)OCC)CC(C1OC(C)O1)(C1OC(C)O1)C2. The second-order valence-corrected chi connectivity index (χ2v) is 8.03. The summed E-state index contributed by atoms with van der Waals surface area (Å²) in [6.07, 6.45) is 3.27. The van der Waals surface area contributed by atoms with Gasteiger partial charge in [-0.15, -0.1) is 0 Å². The van der Waals surface area contributed by atoms with Gasteiger partial charge in [-0.25, -0.2) is 4.79 Å². The Morgan fingerprint density at radius 1 is 1.04 bits per heavy atom. The number of fused-ring (bicyclic) bond motifs is 1. The number of unbranched alkanes of at least 4 members (excludes halogenated alkanes) is 1. The molecule has 1 aromatic carbocycles. The maximum absolute atomic E-state index is 12.6. The second-order valence-electron chi connectivity index (χ2n) is 8.03. The van der Waals surface area contributed by atoms with Crippen molar-refractivity contribution >= 4 is 5.97 Å². The number of benzene rings is 1. The molecule has 0 N–H and O–H groups in total. The highest BCUT2D eigenvalue weighted by Gasteiger charge is 2.59. The zero-order chi connectivity index (χ0) is 19.9. The maximum atomic E-state index is 12.6. The largest absolute Gasteiger partial charge is 0.462 e. The van der Waals surface area contributed by atoms with Crippen LogP contribution in [0, 0.1) is 5.41 Å². The molecule has 2 saturated heterocycles. The van der Waals surface area contributed by atoms with Crippen LogP contribution in [0.15, 0.2) is 12.1 Å². The van der Waals surface area contributed by atoms with E-state index in [0.29, 0.717) is 18.6 Å². The van der Waals surface area contributed by atoms with Gasteiger partial charge in [0.1, 0.15) is 0 Å². The Hall–Kier alpha value is -1.47. The first-order valence-corrected chi connectivity index (χ1v) is 10.4. The Labute approximate surface area is 166 Å². The van der Waals surface area contributed by atoms with Crippen LogP contribution in [0.1, 0.15) is 67.6 Å². The Kier molecular flexibility index (Phi) is 5.49. The summed E-state index contributed by atoms with van der Waals surface area (Å²) >= 11 is 0. The topological polar surface area (TPSA) is 63.2 Å². The van der Waals surface area contributed by atoms with E-state index in [2.05, 4.69) is 13.0 Å². The Morgan fingerprint density at radius 2 is 1.61 bits per heavy atom. The molecule has 3 aliphatic rings. The smallest absolute Gasteiger partial charge is 0.338 e. The standard InChI is InChI=1S/C22H30O6/c1-5-7-8-15-9-16-11-22(20-25-13(3)26-20,21-27-14(4)28-21)12-17(16)10-18(15)19(23)24-6-2/h9-10,13-14,20-21H,5-8,11-12H2,1-4H3. The minimum Gasteiger partial charge on any atom is -0.462 e. The predicted molar refractivity (Wildman–Crippen MR) is 102 cm³/mol. The zero-order valence-corrected chi connectivity index (χ0v) is 17.2. The fourth-order valence-electron chi connectivity index (χ4n) is 4.52. The third kappa shape index (κ3) is 3.36. The normalized spacial score (nSPS) is 33.7. The number of hydrogen-bond acceptors (Lipinski definition) is 6. The van der Waals surface area contributed by atoms with Crippen molar-refractivity contribution in [3.63, 3.8) is 0 Å². The van der Waals surface area contributed by atoms with Crippen LogP contribution in [0.2, 0.25) is 0 Å². The van der Waals surface area contributed by atoms with E-state index >= 15 is 0 Å². The first kappa shape index (κ1) is 19.8. The molecule has 0 saturated carbocycles. The molecule has 0 spiro atoms. The van der Waals surface area contributed by atoms with Crippen LogP contribution >= 0.6 is 0 Å². The molecule has 6 nitrogen and oxygen atoms in total. The van der Waals surface area contributed by atoms with Crippen molar-refractivity contribution in [1.29, 1.82) is 0 Å². The average molecular weight is 390 g/mol. The Balaban J connectivity index is 1.65. The van der Waals surface area contributed by atoms with Crippen LogP contribution in [0.3, 0.4) is 0 Å². The first-order valence-electron chi connectivity index (χ1n) is 10.4. The van der Waals surface area contributed by atoms with Gasteiger partial charge in [-0.2, -0.15) is 0 Å². The van der Waals surface area contributed by atoms with Crippen LogP contribution in [0.4, 0.5) is 0 Å². The lowest BCUT2D eigenvalue weighted by molar-refractivity contribution is -0.479. The summed E-state index contributed by atoms with van der Waals surface area (Å²) in [5, 5.41) is 0. The lowest BCUT2D eigenvalue weighted by atomic mass is 9.81. The molecule has 1 aromatic rings. The Bertz CT molecular complexity index is 715. The van der Waals surface area contributed by atoms with Gasteiger partial charge in [-0.05, 0) is 69.2 Å². The van der Waals surface area contributed by atoms with Gasteiger partial charge < -0.3 is 23.7 Å². The maximum Gasteiger partial charge on any atom is 0.338 e. The van der Waals surface area contributed by atoms with E-state index in [1.165, 1.54) is 5.56 Å². The minimum atomic E-state index is -0.420. The summed E-state index contributed by atoms with van der Waals surface area (Å²) in [5.74, 6) is -0.247. The van der Waals surface area contributed by atoms with E-state index in [4.69, 9.17) is 23.7 Å². The number of ether oxygens (including phenoxy) is 5. The average Bonchev–Trinajstić information content (AvgIpc) is 2.99. The molecule has 0 unspecified atom stereocenters. The van der Waals surface area contributed by atoms with Gasteiger partial charge in [0, 0.05) is 0 Å². The van der Waals surface area contributed by atoms with E-state index in [1.807, 2.05) is 26.8 Å². The van der Waals surface area contributed by atoms with E-state index in [0.717, 1.165) is 36.8 Å². The number of carbonyl (C=O) groups is 1. The van der Waals surface area contributed by atoms with Crippen molar-refractivity contribution in [2.45, 2.75) is 85.0 Å². The minimum absolute atomic E-state index is 0.210. The van der Waals surface area contributed by atoms with Gasteiger partial charge in [-0.3, -0.25) is 0 Å². The van der Waals surface area contributed by atoms with E-state index < -0.39 is 5.41 Å². The fourth-order valence-corrected chi connectivity index (χ4v) is 4.52. The molecule has 0 radical (unpaired) electrons. The van der Waals surface area contributed by atoms with Crippen molar-refractivity contribution in [1.82, 2.24) is 0 Å². The summed E-state index contributed by atoms with van der Waals surface area (Å²) in [4.78, 5) is 12.6. The van der Waals surface area contributed by atoms with Crippen LogP contribution in [0.25, 0.3) is 0 Å². The summed E-state index contributed by atoms with van der Waals surface area (Å²) in [6, 6.07) is 4.17. The van der Waals surface area contributed by atoms with Crippen LogP contribution in [-0.4, -0.2) is 37.7 Å². The molecule has 0 aromatic heterocycles. The highest BCUT2D eigenvalue weighted by Crippen LogP contribution is 2.51. The van der Waals surface area contributed by atoms with Gasteiger partial charge in [0.05, 0.1) is 17.6 Å². The van der Waals surface area contributed by atoms with Gasteiger partial charge in [-0.1, -0.05) is 19.4 Å². The Morgan fingerprint density at radius 3 is 2.11 bits per heavy atom. The molecule has 1 aliphatic carbocycles.